The molecule has 1 fully saturated rings. The van der Waals surface area contributed by atoms with Crippen molar-refractivity contribution in [1.82, 2.24) is 15.5 Å². The van der Waals surface area contributed by atoms with Gasteiger partial charge in [0.25, 0.3) is 0 Å². The number of likely N-dealkylation sites (tertiary alicyclic amines) is 1. The maximum Gasteiger partial charge on any atom is 0.243 e. The summed E-state index contributed by atoms with van der Waals surface area (Å²) < 4.78 is 0. The number of hydrogen-bond donors (Lipinski definition) is 3. The van der Waals surface area contributed by atoms with Crippen molar-refractivity contribution in [3.05, 3.63) is 35.4 Å². The molecule has 1 aliphatic heterocycles. The fraction of sp³-hybridized carbons (Fsp3) is 0.526. The lowest BCUT2D eigenvalue weighted by Crippen LogP contribution is -2.50. The van der Waals surface area contributed by atoms with Gasteiger partial charge in [-0.2, -0.15) is 0 Å². The van der Waals surface area contributed by atoms with Gasteiger partial charge >= 0.3 is 0 Å². The molecule has 0 unspecified atom stereocenters. The summed E-state index contributed by atoms with van der Waals surface area (Å²) in [5, 5.41) is 5.62. The normalized spacial score (nSPS) is 22.6. The third-order valence-corrected chi connectivity index (χ3v) is 5.15. The van der Waals surface area contributed by atoms with Crippen molar-refractivity contribution in [2.45, 2.75) is 50.7 Å². The lowest BCUT2D eigenvalue weighted by Gasteiger charge is -2.26. The summed E-state index contributed by atoms with van der Waals surface area (Å²) in [6.45, 7) is 1.97. The summed E-state index contributed by atoms with van der Waals surface area (Å²) in [6.07, 6.45) is 3.27. The summed E-state index contributed by atoms with van der Waals surface area (Å²) >= 11 is 0. The minimum Gasteiger partial charge on any atom is -0.347 e. The van der Waals surface area contributed by atoms with Crippen molar-refractivity contribution < 1.29 is 14.4 Å². The Hall–Kier alpha value is -2.41. The molecule has 1 heterocycles. The van der Waals surface area contributed by atoms with E-state index in [0.29, 0.717) is 13.0 Å². The van der Waals surface area contributed by atoms with Crippen LogP contribution in [0.15, 0.2) is 24.3 Å². The molecule has 1 saturated heterocycles. The Bertz CT molecular complexity index is 704. The predicted molar refractivity (Wildman–Crippen MR) is 97.0 cm³/mol. The third kappa shape index (κ3) is 3.88. The number of hydrogen-bond acceptors (Lipinski definition) is 4. The van der Waals surface area contributed by atoms with Crippen LogP contribution < -0.4 is 16.4 Å². The van der Waals surface area contributed by atoms with Gasteiger partial charge in [0.15, 0.2) is 0 Å². The first kappa shape index (κ1) is 18.4. The van der Waals surface area contributed by atoms with Crippen LogP contribution in [-0.4, -0.2) is 47.8 Å². The molecule has 4 N–H and O–H groups in total. The van der Waals surface area contributed by atoms with Gasteiger partial charge in [-0.05, 0) is 43.7 Å². The summed E-state index contributed by atoms with van der Waals surface area (Å²) in [6, 6.07) is 7.01. The monoisotopic (exact) mass is 358 g/mol. The molecular formula is C19H26N4O3. The van der Waals surface area contributed by atoms with Gasteiger partial charge in [0.1, 0.15) is 6.04 Å². The van der Waals surface area contributed by atoms with Gasteiger partial charge in [-0.25, -0.2) is 0 Å². The Morgan fingerprint density at radius 3 is 2.81 bits per heavy atom. The average Bonchev–Trinajstić information content (AvgIpc) is 3.27. The number of benzene rings is 1. The van der Waals surface area contributed by atoms with E-state index in [0.717, 1.165) is 19.3 Å². The van der Waals surface area contributed by atoms with E-state index in [9.17, 15) is 14.4 Å². The standard InChI is InChI=1S/C19H26N4O3/c1-12(20)18(25)21-11-17(24)23-10-4-7-16(23)19(26)22-15-9-8-13-5-2-3-6-14(13)15/h2-3,5-6,12,15-16H,4,7-11,20H2,1H3,(H,21,25)(H,22,26)/t12-,15+,16-/m0/s1. The molecular weight excluding hydrogens is 332 g/mol. The molecule has 140 valence electrons. The van der Waals surface area contributed by atoms with E-state index in [1.165, 1.54) is 11.1 Å². The van der Waals surface area contributed by atoms with Crippen LogP contribution >= 0.6 is 0 Å². The maximum absolute atomic E-state index is 12.8. The maximum atomic E-state index is 12.8. The van der Waals surface area contributed by atoms with Gasteiger partial charge in [-0.1, -0.05) is 24.3 Å². The van der Waals surface area contributed by atoms with Gasteiger partial charge in [0.2, 0.25) is 17.7 Å². The van der Waals surface area contributed by atoms with Gasteiger partial charge < -0.3 is 21.3 Å². The lowest BCUT2D eigenvalue weighted by atomic mass is 10.1. The second-order valence-corrected chi connectivity index (χ2v) is 7.05. The number of nitrogens with two attached hydrogens (primary N) is 1. The molecule has 0 bridgehead atoms. The Morgan fingerprint density at radius 1 is 1.27 bits per heavy atom. The zero-order valence-electron chi connectivity index (χ0n) is 15.0. The van der Waals surface area contributed by atoms with E-state index in [2.05, 4.69) is 16.7 Å². The number of nitrogens with zero attached hydrogens (tertiary/aromatic N) is 1. The van der Waals surface area contributed by atoms with Crippen molar-refractivity contribution in [3.8, 4) is 0 Å². The second-order valence-electron chi connectivity index (χ2n) is 7.05. The minimum absolute atomic E-state index is 0.00837. The van der Waals surface area contributed by atoms with E-state index in [1.54, 1.807) is 11.8 Å². The first-order valence-electron chi connectivity index (χ1n) is 9.18. The van der Waals surface area contributed by atoms with Crippen molar-refractivity contribution in [2.24, 2.45) is 5.73 Å². The van der Waals surface area contributed by atoms with E-state index >= 15 is 0 Å². The quantitative estimate of drug-likeness (QED) is 0.701. The van der Waals surface area contributed by atoms with Crippen LogP contribution in [0.25, 0.3) is 0 Å². The van der Waals surface area contributed by atoms with Gasteiger partial charge in [0, 0.05) is 6.54 Å². The van der Waals surface area contributed by atoms with Crippen LogP contribution in [0.4, 0.5) is 0 Å². The summed E-state index contributed by atoms with van der Waals surface area (Å²) in [5.74, 6) is -0.736. The fourth-order valence-electron chi connectivity index (χ4n) is 3.74. The van der Waals surface area contributed by atoms with Crippen molar-refractivity contribution in [1.29, 1.82) is 0 Å². The molecule has 1 aromatic rings. The molecule has 26 heavy (non-hydrogen) atoms. The molecule has 0 radical (unpaired) electrons. The molecule has 0 spiro atoms. The smallest absolute Gasteiger partial charge is 0.243 e. The first-order valence-corrected chi connectivity index (χ1v) is 9.18. The highest BCUT2D eigenvalue weighted by atomic mass is 16.2. The molecule has 7 nitrogen and oxygen atoms in total. The molecule has 1 aliphatic carbocycles. The number of aryl methyl sites for hydroxylation is 1. The largest absolute Gasteiger partial charge is 0.347 e. The van der Waals surface area contributed by atoms with Gasteiger partial charge in [0.05, 0.1) is 18.6 Å². The number of nitrogens with one attached hydrogen (secondary N) is 2. The van der Waals surface area contributed by atoms with Crippen LogP contribution in [0.2, 0.25) is 0 Å². The number of rotatable bonds is 5. The van der Waals surface area contributed by atoms with E-state index in [-0.39, 0.29) is 30.3 Å². The molecule has 0 aromatic heterocycles. The number of carbonyl (C=O) groups is 3. The molecule has 7 heteroatoms. The number of carbonyl (C=O) groups excluding carboxylic acids is 3. The molecule has 3 atom stereocenters. The van der Waals surface area contributed by atoms with E-state index in [1.807, 2.05) is 18.2 Å². The van der Waals surface area contributed by atoms with Gasteiger partial charge in [-0.3, -0.25) is 14.4 Å². The Labute approximate surface area is 153 Å². The van der Waals surface area contributed by atoms with Crippen LogP contribution in [0.1, 0.15) is 43.4 Å². The fourth-order valence-corrected chi connectivity index (χ4v) is 3.74. The SMILES string of the molecule is C[C@H](N)C(=O)NCC(=O)N1CCC[C@H]1C(=O)N[C@@H]1CCc2ccccc21. The Balaban J connectivity index is 1.58. The third-order valence-electron chi connectivity index (χ3n) is 5.15. The average molecular weight is 358 g/mol. The van der Waals surface area contributed by atoms with E-state index in [4.69, 9.17) is 5.73 Å². The van der Waals surface area contributed by atoms with E-state index < -0.39 is 12.1 Å². The lowest BCUT2D eigenvalue weighted by molar-refractivity contribution is -0.139. The summed E-state index contributed by atoms with van der Waals surface area (Å²) in [4.78, 5) is 38.3. The van der Waals surface area contributed by atoms with Crippen LogP contribution in [0.5, 0.6) is 0 Å². The highest BCUT2D eigenvalue weighted by Crippen LogP contribution is 2.31. The number of fused-ring (bicyclic) bond motifs is 1. The Morgan fingerprint density at radius 2 is 2.04 bits per heavy atom. The van der Waals surface area contributed by atoms with Crippen molar-refractivity contribution in [3.63, 3.8) is 0 Å². The summed E-state index contributed by atoms with van der Waals surface area (Å²) in [7, 11) is 0. The first-order chi connectivity index (χ1) is 12.5. The van der Waals surface area contributed by atoms with Crippen molar-refractivity contribution >= 4 is 17.7 Å². The zero-order valence-corrected chi connectivity index (χ0v) is 15.0. The molecule has 3 amide bonds. The zero-order chi connectivity index (χ0) is 18.7. The van der Waals surface area contributed by atoms with Crippen molar-refractivity contribution in [2.75, 3.05) is 13.1 Å². The molecule has 1 aromatic carbocycles. The molecule has 2 aliphatic rings. The highest BCUT2D eigenvalue weighted by Gasteiger charge is 2.35. The minimum atomic E-state index is -0.664. The van der Waals surface area contributed by atoms with Crippen LogP contribution in [-0.2, 0) is 20.8 Å². The topological polar surface area (TPSA) is 105 Å². The van der Waals surface area contributed by atoms with Crippen LogP contribution in [0, 0.1) is 0 Å². The number of amides is 3. The van der Waals surface area contributed by atoms with Crippen LogP contribution in [0.3, 0.4) is 0 Å². The predicted octanol–water partition coefficient (Wildman–Crippen LogP) is 0.245. The Kier molecular flexibility index (Phi) is 5.56. The molecule has 0 saturated carbocycles. The van der Waals surface area contributed by atoms with Gasteiger partial charge in [-0.15, -0.1) is 0 Å². The molecule has 3 rings (SSSR count). The highest BCUT2D eigenvalue weighted by molar-refractivity contribution is 5.91. The summed E-state index contributed by atoms with van der Waals surface area (Å²) in [5.41, 5.74) is 7.92. The second kappa shape index (κ2) is 7.86.